The Bertz CT molecular complexity index is 905. The first-order chi connectivity index (χ1) is 12.5. The van der Waals surface area contributed by atoms with E-state index in [0.717, 1.165) is 22.2 Å². The number of imide groups is 1. The van der Waals surface area contributed by atoms with Crippen molar-refractivity contribution in [1.82, 2.24) is 4.90 Å². The van der Waals surface area contributed by atoms with Crippen LogP contribution in [0.1, 0.15) is 11.1 Å². The van der Waals surface area contributed by atoms with Gasteiger partial charge in [-0.1, -0.05) is 54.6 Å². The number of hydrogen-bond acceptors (Lipinski definition) is 5. The zero-order valence-electron chi connectivity index (χ0n) is 13.6. The monoisotopic (exact) mass is 366 g/mol. The van der Waals surface area contributed by atoms with Crippen molar-refractivity contribution in [2.75, 3.05) is 0 Å². The van der Waals surface area contributed by atoms with E-state index in [1.165, 1.54) is 12.1 Å². The predicted octanol–water partition coefficient (Wildman–Crippen LogP) is 4.39. The van der Waals surface area contributed by atoms with E-state index in [2.05, 4.69) is 0 Å². The number of hydrogen-bond donors (Lipinski definition) is 0. The van der Waals surface area contributed by atoms with E-state index in [0.29, 0.717) is 10.5 Å². The van der Waals surface area contributed by atoms with E-state index in [1.54, 1.807) is 24.3 Å². The standard InChI is InChI=1S/C19H14N2O4S/c22-18-17(8-4-7-14-5-2-1-3-6-14)26-19(23)20(18)13-15-9-11-16(12-10-15)21(24)25/h1-12H,13H2/b7-4-,17-8+. The third-order valence-electron chi connectivity index (χ3n) is 3.70. The van der Waals surface area contributed by atoms with Gasteiger partial charge in [0, 0.05) is 12.1 Å². The van der Waals surface area contributed by atoms with Gasteiger partial charge in [-0.15, -0.1) is 0 Å². The van der Waals surface area contributed by atoms with Crippen molar-refractivity contribution in [3.63, 3.8) is 0 Å². The van der Waals surface area contributed by atoms with E-state index in [9.17, 15) is 19.7 Å². The Balaban J connectivity index is 1.69. The molecule has 2 amide bonds. The summed E-state index contributed by atoms with van der Waals surface area (Å²) >= 11 is 0.883. The summed E-state index contributed by atoms with van der Waals surface area (Å²) in [5, 5.41) is 10.3. The number of carbonyl (C=O) groups is 2. The minimum atomic E-state index is -0.494. The molecule has 0 atom stereocenters. The molecule has 130 valence electrons. The van der Waals surface area contributed by atoms with Crippen molar-refractivity contribution in [2.24, 2.45) is 0 Å². The normalized spacial score (nSPS) is 16.0. The fraction of sp³-hybridized carbons (Fsp3) is 0.0526. The molecule has 0 unspecified atom stereocenters. The molecule has 2 aromatic rings. The molecule has 1 heterocycles. The second-order valence-electron chi connectivity index (χ2n) is 5.48. The molecular weight excluding hydrogens is 352 g/mol. The van der Waals surface area contributed by atoms with Crippen molar-refractivity contribution in [2.45, 2.75) is 6.54 Å². The Morgan fingerprint density at radius 2 is 1.73 bits per heavy atom. The van der Waals surface area contributed by atoms with Crippen LogP contribution >= 0.6 is 11.8 Å². The summed E-state index contributed by atoms with van der Waals surface area (Å²) in [5.74, 6) is -0.365. The first kappa shape index (κ1) is 17.6. The summed E-state index contributed by atoms with van der Waals surface area (Å²) in [6.45, 7) is 0.0857. The Morgan fingerprint density at radius 1 is 1.04 bits per heavy atom. The first-order valence-electron chi connectivity index (χ1n) is 7.75. The number of allylic oxidation sites excluding steroid dienone is 2. The molecule has 1 aliphatic heterocycles. The van der Waals surface area contributed by atoms with Crippen LogP contribution in [-0.4, -0.2) is 21.0 Å². The topological polar surface area (TPSA) is 80.5 Å². The third kappa shape index (κ3) is 4.07. The molecule has 0 bridgehead atoms. The van der Waals surface area contributed by atoms with Crippen molar-refractivity contribution < 1.29 is 14.5 Å². The van der Waals surface area contributed by atoms with Crippen LogP contribution < -0.4 is 0 Å². The van der Waals surface area contributed by atoms with Crippen molar-refractivity contribution in [1.29, 1.82) is 0 Å². The number of thioether (sulfide) groups is 1. The van der Waals surface area contributed by atoms with Gasteiger partial charge in [0.2, 0.25) is 0 Å². The van der Waals surface area contributed by atoms with Gasteiger partial charge >= 0.3 is 0 Å². The number of nitro benzene ring substituents is 1. The smallest absolute Gasteiger partial charge is 0.268 e. The van der Waals surface area contributed by atoms with Gasteiger partial charge in [0.05, 0.1) is 16.4 Å². The SMILES string of the molecule is O=C1S/C(=C/C=C\c2ccccc2)C(=O)N1Cc1ccc([N+](=O)[O-])cc1. The van der Waals surface area contributed by atoms with Crippen molar-refractivity contribution >= 4 is 34.7 Å². The lowest BCUT2D eigenvalue weighted by Gasteiger charge is -2.12. The van der Waals surface area contributed by atoms with E-state index in [4.69, 9.17) is 0 Å². The minimum absolute atomic E-state index is 0.0335. The summed E-state index contributed by atoms with van der Waals surface area (Å²) in [4.78, 5) is 36.2. The molecule has 0 aliphatic carbocycles. The van der Waals surface area contributed by atoms with Gasteiger partial charge in [-0.3, -0.25) is 24.6 Å². The van der Waals surface area contributed by atoms with Gasteiger partial charge in [0.25, 0.3) is 16.8 Å². The summed E-state index contributed by atoms with van der Waals surface area (Å²) < 4.78 is 0. The molecule has 0 radical (unpaired) electrons. The zero-order chi connectivity index (χ0) is 18.5. The highest BCUT2D eigenvalue weighted by molar-refractivity contribution is 8.18. The second-order valence-corrected chi connectivity index (χ2v) is 6.48. The molecule has 7 heteroatoms. The number of carbonyl (C=O) groups excluding carboxylic acids is 2. The highest BCUT2D eigenvalue weighted by Gasteiger charge is 2.34. The summed E-state index contributed by atoms with van der Waals surface area (Å²) in [6, 6.07) is 15.4. The van der Waals surface area contributed by atoms with E-state index in [-0.39, 0.29) is 23.4 Å². The first-order valence-corrected chi connectivity index (χ1v) is 8.56. The maximum atomic E-state index is 12.4. The van der Waals surface area contributed by atoms with Crippen molar-refractivity contribution in [3.05, 3.63) is 92.9 Å². The van der Waals surface area contributed by atoms with Gasteiger partial charge in [-0.05, 0) is 29.0 Å². The molecule has 1 saturated heterocycles. The second kappa shape index (κ2) is 7.79. The van der Waals surface area contributed by atoms with Crippen LogP contribution in [0.25, 0.3) is 6.08 Å². The van der Waals surface area contributed by atoms with Gasteiger partial charge in [-0.2, -0.15) is 0 Å². The lowest BCUT2D eigenvalue weighted by atomic mass is 10.2. The molecule has 2 aromatic carbocycles. The van der Waals surface area contributed by atoms with Crippen LogP contribution in [0, 0.1) is 10.1 Å². The third-order valence-corrected chi connectivity index (χ3v) is 4.62. The summed E-state index contributed by atoms with van der Waals surface area (Å²) in [7, 11) is 0. The molecule has 0 N–H and O–H groups in total. The molecule has 1 aliphatic rings. The maximum Gasteiger partial charge on any atom is 0.293 e. The average Bonchev–Trinajstić information content (AvgIpc) is 2.91. The van der Waals surface area contributed by atoms with E-state index >= 15 is 0 Å². The number of non-ortho nitro benzene ring substituents is 1. The Hall–Kier alpha value is -3.19. The molecule has 26 heavy (non-hydrogen) atoms. The van der Waals surface area contributed by atoms with Crippen LogP contribution in [0.4, 0.5) is 10.5 Å². The molecule has 3 rings (SSSR count). The number of rotatable bonds is 5. The highest BCUT2D eigenvalue weighted by Crippen LogP contribution is 2.32. The molecule has 1 fully saturated rings. The van der Waals surface area contributed by atoms with Crippen molar-refractivity contribution in [3.8, 4) is 0 Å². The van der Waals surface area contributed by atoms with Crippen LogP contribution in [0.3, 0.4) is 0 Å². The molecular formula is C19H14N2O4S. The lowest BCUT2D eigenvalue weighted by molar-refractivity contribution is -0.384. The van der Waals surface area contributed by atoms with Crippen LogP contribution in [-0.2, 0) is 11.3 Å². The van der Waals surface area contributed by atoms with Crippen LogP contribution in [0.2, 0.25) is 0 Å². The predicted molar refractivity (Wildman–Crippen MR) is 100 cm³/mol. The Morgan fingerprint density at radius 3 is 2.38 bits per heavy atom. The van der Waals surface area contributed by atoms with E-state index in [1.807, 2.05) is 36.4 Å². The van der Waals surface area contributed by atoms with Gasteiger partial charge < -0.3 is 0 Å². The van der Waals surface area contributed by atoms with Gasteiger partial charge in [-0.25, -0.2) is 0 Å². The van der Waals surface area contributed by atoms with Gasteiger partial charge in [0.1, 0.15) is 0 Å². The number of nitrogens with zero attached hydrogens (tertiary/aromatic N) is 2. The highest BCUT2D eigenvalue weighted by atomic mass is 32.2. The Kier molecular flexibility index (Phi) is 5.28. The number of benzene rings is 2. The fourth-order valence-electron chi connectivity index (χ4n) is 2.37. The average molecular weight is 366 g/mol. The number of amides is 2. The maximum absolute atomic E-state index is 12.4. The molecule has 6 nitrogen and oxygen atoms in total. The van der Waals surface area contributed by atoms with Crippen LogP contribution in [0.15, 0.2) is 71.7 Å². The fourth-order valence-corrected chi connectivity index (χ4v) is 3.16. The van der Waals surface area contributed by atoms with E-state index < -0.39 is 4.92 Å². The quantitative estimate of drug-likeness (QED) is 0.445. The van der Waals surface area contributed by atoms with Crippen LogP contribution in [0.5, 0.6) is 0 Å². The molecule has 0 saturated carbocycles. The lowest BCUT2D eigenvalue weighted by Crippen LogP contribution is -2.27. The summed E-state index contributed by atoms with van der Waals surface area (Å²) in [6.07, 6.45) is 5.20. The minimum Gasteiger partial charge on any atom is -0.268 e. The number of nitro groups is 1. The molecule has 0 aromatic heterocycles. The largest absolute Gasteiger partial charge is 0.293 e. The zero-order valence-corrected chi connectivity index (χ0v) is 14.4. The molecule has 0 spiro atoms. The van der Waals surface area contributed by atoms with Gasteiger partial charge in [0.15, 0.2) is 0 Å². The summed E-state index contributed by atoms with van der Waals surface area (Å²) in [5.41, 5.74) is 1.61. The Labute approximate surface area is 154 Å².